The summed E-state index contributed by atoms with van der Waals surface area (Å²) in [5.41, 5.74) is 0.662. The minimum Gasteiger partial charge on any atom is -0.379 e. The molecule has 0 radical (unpaired) electrons. The second kappa shape index (κ2) is 7.59. The van der Waals surface area contributed by atoms with Gasteiger partial charge in [0, 0.05) is 45.3 Å². The Morgan fingerprint density at radius 2 is 2.00 bits per heavy atom. The van der Waals surface area contributed by atoms with E-state index in [0.717, 1.165) is 70.4 Å². The van der Waals surface area contributed by atoms with Crippen molar-refractivity contribution >= 4 is 5.91 Å². The molecule has 2 aromatic rings. The van der Waals surface area contributed by atoms with Gasteiger partial charge in [-0.1, -0.05) is 0 Å². The van der Waals surface area contributed by atoms with Crippen LogP contribution in [0.5, 0.6) is 0 Å². The van der Waals surface area contributed by atoms with Crippen molar-refractivity contribution in [3.8, 4) is 0 Å². The monoisotopic (exact) mass is 358 g/mol. The number of hydrogen-bond donors (Lipinski definition) is 1. The van der Waals surface area contributed by atoms with Crippen molar-refractivity contribution < 1.29 is 9.53 Å². The number of aromatic amines is 1. The fourth-order valence-corrected chi connectivity index (χ4v) is 3.80. The molecule has 0 atom stereocenters. The molecular weight excluding hydrogens is 332 g/mol. The topological polar surface area (TPSA) is 79.3 Å². The average Bonchev–Trinajstić information content (AvgIpc) is 3.33. The summed E-state index contributed by atoms with van der Waals surface area (Å²) >= 11 is 0. The summed E-state index contributed by atoms with van der Waals surface area (Å²) in [4.78, 5) is 19.7. The van der Waals surface area contributed by atoms with Gasteiger partial charge in [0.05, 0.1) is 19.8 Å². The molecule has 2 aliphatic heterocycles. The Labute approximate surface area is 153 Å². The van der Waals surface area contributed by atoms with Crippen molar-refractivity contribution in [1.29, 1.82) is 0 Å². The van der Waals surface area contributed by atoms with E-state index in [1.165, 1.54) is 0 Å². The summed E-state index contributed by atoms with van der Waals surface area (Å²) < 4.78 is 7.55. The first-order valence-corrected chi connectivity index (χ1v) is 9.33. The molecule has 0 saturated carbocycles. The van der Waals surface area contributed by atoms with Crippen LogP contribution < -0.4 is 0 Å². The zero-order valence-electron chi connectivity index (χ0n) is 15.2. The molecule has 8 heteroatoms. The van der Waals surface area contributed by atoms with Crippen LogP contribution in [-0.2, 0) is 18.3 Å². The summed E-state index contributed by atoms with van der Waals surface area (Å²) in [5, 5.41) is 8.89. The number of aromatic nitrogens is 4. The molecule has 2 fully saturated rings. The van der Waals surface area contributed by atoms with Gasteiger partial charge >= 0.3 is 0 Å². The largest absolute Gasteiger partial charge is 0.379 e. The van der Waals surface area contributed by atoms with Gasteiger partial charge in [0.1, 0.15) is 17.3 Å². The SMILES string of the molecule is Cn1c(CN2CCOCC2)nnc1C1CCN(C(=O)c2ccc[nH]2)CC1. The standard InChI is InChI=1S/C18H26N6O2/c1-22-16(13-23-9-11-26-12-10-23)20-21-17(22)14-4-7-24(8-5-14)18(25)15-3-2-6-19-15/h2-3,6,14,19H,4-5,7-13H2,1H3. The maximum absolute atomic E-state index is 12.4. The second-order valence-electron chi connectivity index (χ2n) is 7.07. The van der Waals surface area contributed by atoms with Gasteiger partial charge in [-0.15, -0.1) is 10.2 Å². The highest BCUT2D eigenvalue weighted by atomic mass is 16.5. The van der Waals surface area contributed by atoms with Crippen molar-refractivity contribution in [3.63, 3.8) is 0 Å². The quantitative estimate of drug-likeness (QED) is 0.882. The van der Waals surface area contributed by atoms with E-state index < -0.39 is 0 Å². The van der Waals surface area contributed by atoms with Crippen molar-refractivity contribution in [2.75, 3.05) is 39.4 Å². The number of nitrogens with one attached hydrogen (secondary N) is 1. The molecule has 4 heterocycles. The molecule has 0 aromatic carbocycles. The van der Waals surface area contributed by atoms with Crippen LogP contribution in [0.3, 0.4) is 0 Å². The molecule has 2 saturated heterocycles. The highest BCUT2D eigenvalue weighted by Gasteiger charge is 2.28. The van der Waals surface area contributed by atoms with Crippen LogP contribution in [0.1, 0.15) is 40.9 Å². The lowest BCUT2D eigenvalue weighted by Crippen LogP contribution is -2.38. The Morgan fingerprint density at radius 1 is 1.23 bits per heavy atom. The van der Waals surface area contributed by atoms with Gasteiger partial charge < -0.3 is 19.2 Å². The molecule has 0 spiro atoms. The Kier molecular flexibility index (Phi) is 5.03. The van der Waals surface area contributed by atoms with Gasteiger partial charge in [0.25, 0.3) is 5.91 Å². The minimum absolute atomic E-state index is 0.0828. The summed E-state index contributed by atoms with van der Waals surface area (Å²) in [6, 6.07) is 3.69. The van der Waals surface area contributed by atoms with E-state index in [0.29, 0.717) is 11.6 Å². The fraction of sp³-hybridized carbons (Fsp3) is 0.611. The van der Waals surface area contributed by atoms with Crippen molar-refractivity contribution in [2.45, 2.75) is 25.3 Å². The second-order valence-corrected chi connectivity index (χ2v) is 7.07. The van der Waals surface area contributed by atoms with Gasteiger partial charge in [-0.3, -0.25) is 9.69 Å². The van der Waals surface area contributed by atoms with Crippen LogP contribution in [0.2, 0.25) is 0 Å². The molecule has 140 valence electrons. The number of likely N-dealkylation sites (tertiary alicyclic amines) is 1. The fourth-order valence-electron chi connectivity index (χ4n) is 3.80. The predicted molar refractivity (Wildman–Crippen MR) is 95.8 cm³/mol. The Balaban J connectivity index is 1.36. The van der Waals surface area contributed by atoms with Gasteiger partial charge in [0.2, 0.25) is 0 Å². The number of nitrogens with zero attached hydrogens (tertiary/aromatic N) is 5. The van der Waals surface area contributed by atoms with E-state index in [1.807, 2.05) is 17.0 Å². The predicted octanol–water partition coefficient (Wildman–Crippen LogP) is 0.995. The number of carbonyl (C=O) groups excluding carboxylic acids is 1. The zero-order valence-corrected chi connectivity index (χ0v) is 15.2. The van der Waals surface area contributed by atoms with Gasteiger partial charge in [-0.05, 0) is 25.0 Å². The number of H-pyrrole nitrogens is 1. The number of amides is 1. The number of carbonyl (C=O) groups is 1. The van der Waals surface area contributed by atoms with E-state index in [2.05, 4.69) is 31.7 Å². The molecule has 8 nitrogen and oxygen atoms in total. The third-order valence-electron chi connectivity index (χ3n) is 5.44. The Bertz CT molecular complexity index is 727. The van der Waals surface area contributed by atoms with Crippen LogP contribution in [0, 0.1) is 0 Å². The molecule has 0 aliphatic carbocycles. The van der Waals surface area contributed by atoms with Gasteiger partial charge in [-0.2, -0.15) is 0 Å². The van der Waals surface area contributed by atoms with Crippen molar-refractivity contribution in [1.82, 2.24) is 29.5 Å². The number of morpholine rings is 1. The smallest absolute Gasteiger partial charge is 0.270 e. The van der Waals surface area contributed by atoms with Crippen LogP contribution in [0.25, 0.3) is 0 Å². The van der Waals surface area contributed by atoms with Gasteiger partial charge in [-0.25, -0.2) is 0 Å². The lowest BCUT2D eigenvalue weighted by Gasteiger charge is -2.31. The third-order valence-corrected chi connectivity index (χ3v) is 5.44. The lowest BCUT2D eigenvalue weighted by atomic mass is 9.95. The summed E-state index contributed by atoms with van der Waals surface area (Å²) in [7, 11) is 2.06. The van der Waals surface area contributed by atoms with E-state index in [-0.39, 0.29) is 5.91 Å². The number of hydrogen-bond acceptors (Lipinski definition) is 5. The first-order valence-electron chi connectivity index (χ1n) is 9.33. The molecule has 0 unspecified atom stereocenters. The van der Waals surface area contributed by atoms with E-state index >= 15 is 0 Å². The van der Waals surface area contributed by atoms with Crippen molar-refractivity contribution in [3.05, 3.63) is 35.7 Å². The first-order chi connectivity index (χ1) is 12.7. The molecule has 1 amide bonds. The van der Waals surface area contributed by atoms with Crippen LogP contribution in [-0.4, -0.2) is 74.8 Å². The molecule has 4 rings (SSSR count). The molecule has 2 aliphatic rings. The maximum Gasteiger partial charge on any atom is 0.270 e. The lowest BCUT2D eigenvalue weighted by molar-refractivity contribution is 0.0326. The maximum atomic E-state index is 12.4. The van der Waals surface area contributed by atoms with Crippen LogP contribution in [0.15, 0.2) is 18.3 Å². The normalized spacial score (nSPS) is 19.8. The average molecular weight is 358 g/mol. The first kappa shape index (κ1) is 17.2. The molecular formula is C18H26N6O2. The summed E-state index contributed by atoms with van der Waals surface area (Å²) in [5.74, 6) is 2.49. The highest BCUT2D eigenvalue weighted by molar-refractivity contribution is 5.92. The summed E-state index contributed by atoms with van der Waals surface area (Å²) in [6.45, 7) is 5.80. The molecule has 0 bridgehead atoms. The summed E-state index contributed by atoms with van der Waals surface area (Å²) in [6.07, 6.45) is 3.64. The Morgan fingerprint density at radius 3 is 2.69 bits per heavy atom. The zero-order chi connectivity index (χ0) is 17.9. The minimum atomic E-state index is 0.0828. The number of ether oxygens (including phenoxy) is 1. The number of rotatable bonds is 4. The van der Waals surface area contributed by atoms with E-state index in [4.69, 9.17) is 4.74 Å². The number of piperidine rings is 1. The van der Waals surface area contributed by atoms with Crippen LogP contribution >= 0.6 is 0 Å². The third kappa shape index (κ3) is 3.52. The molecule has 1 N–H and O–H groups in total. The molecule has 2 aromatic heterocycles. The molecule has 26 heavy (non-hydrogen) atoms. The van der Waals surface area contributed by atoms with E-state index in [9.17, 15) is 4.79 Å². The van der Waals surface area contributed by atoms with E-state index in [1.54, 1.807) is 6.20 Å². The van der Waals surface area contributed by atoms with Crippen molar-refractivity contribution in [2.24, 2.45) is 7.05 Å². The highest BCUT2D eigenvalue weighted by Crippen LogP contribution is 2.27. The Hall–Kier alpha value is -2.19. The van der Waals surface area contributed by atoms with Crippen LogP contribution in [0.4, 0.5) is 0 Å². The van der Waals surface area contributed by atoms with Gasteiger partial charge in [0.15, 0.2) is 0 Å².